The molecule has 4 aromatic rings. The van der Waals surface area contributed by atoms with E-state index in [1.807, 2.05) is 42.5 Å². The van der Waals surface area contributed by atoms with Gasteiger partial charge in [0.25, 0.3) is 0 Å². The molecular weight excluding hydrogens is 423 g/mol. The molecule has 160 valence electrons. The molecule has 0 spiro atoms. The van der Waals surface area contributed by atoms with E-state index in [1.54, 1.807) is 18.3 Å². The molecule has 1 N–H and O–H groups in total. The zero-order valence-electron chi connectivity index (χ0n) is 17.9. The summed E-state index contributed by atoms with van der Waals surface area (Å²) in [6.07, 6.45) is 3.62. The highest BCUT2D eigenvalue weighted by Crippen LogP contribution is 2.41. The number of aromatic nitrogens is 3. The molecule has 0 radical (unpaired) electrons. The molecule has 6 heteroatoms. The Morgan fingerprint density at radius 1 is 1.06 bits per heavy atom. The van der Waals surface area contributed by atoms with Crippen LogP contribution in [0.4, 0.5) is 10.2 Å². The lowest BCUT2D eigenvalue weighted by molar-refractivity contribution is 0.614. The Balaban J connectivity index is 1.68. The smallest absolute Gasteiger partial charge is 0.165 e. The minimum Gasteiger partial charge on any atom is -0.339 e. The molecule has 5 rings (SSSR count). The first-order valence-electron chi connectivity index (χ1n) is 10.7. The van der Waals surface area contributed by atoms with E-state index in [1.165, 1.54) is 5.57 Å². The molecule has 1 unspecified atom stereocenters. The summed E-state index contributed by atoms with van der Waals surface area (Å²) in [5, 5.41) is 4.87. The second-order valence-electron chi connectivity index (χ2n) is 8.07. The van der Waals surface area contributed by atoms with E-state index >= 15 is 0 Å². The molecule has 1 aliphatic rings. The molecule has 0 aliphatic heterocycles. The summed E-state index contributed by atoms with van der Waals surface area (Å²) >= 11 is 6.42. The number of pyridine rings is 1. The van der Waals surface area contributed by atoms with Gasteiger partial charge in [-0.25, -0.2) is 19.3 Å². The van der Waals surface area contributed by atoms with Gasteiger partial charge in [0, 0.05) is 23.0 Å². The minimum absolute atomic E-state index is 0.251. The molecule has 0 amide bonds. The summed E-state index contributed by atoms with van der Waals surface area (Å²) in [6, 6.07) is 16.3. The van der Waals surface area contributed by atoms with Crippen molar-refractivity contribution in [1.29, 1.82) is 0 Å². The van der Waals surface area contributed by atoms with Crippen LogP contribution in [0, 0.1) is 5.82 Å². The highest BCUT2D eigenvalue weighted by Gasteiger charge is 2.25. The number of rotatable bonds is 4. The van der Waals surface area contributed by atoms with Crippen molar-refractivity contribution in [3.63, 3.8) is 0 Å². The first-order valence-corrected chi connectivity index (χ1v) is 11.1. The van der Waals surface area contributed by atoms with Gasteiger partial charge in [0.15, 0.2) is 11.5 Å². The van der Waals surface area contributed by atoms with Crippen LogP contribution in [0.5, 0.6) is 0 Å². The topological polar surface area (TPSA) is 50.7 Å². The fourth-order valence-corrected chi connectivity index (χ4v) is 4.61. The molecule has 0 saturated carbocycles. The monoisotopic (exact) mass is 444 g/mol. The summed E-state index contributed by atoms with van der Waals surface area (Å²) in [4.78, 5) is 13.9. The first kappa shape index (κ1) is 20.6. The Labute approximate surface area is 191 Å². The van der Waals surface area contributed by atoms with Crippen LogP contribution in [-0.2, 0) is 0 Å². The predicted molar refractivity (Wildman–Crippen MR) is 128 cm³/mol. The van der Waals surface area contributed by atoms with E-state index in [-0.39, 0.29) is 5.82 Å². The van der Waals surface area contributed by atoms with E-state index in [9.17, 15) is 4.39 Å². The van der Waals surface area contributed by atoms with Crippen molar-refractivity contribution in [2.75, 3.05) is 5.32 Å². The zero-order chi connectivity index (χ0) is 22.2. The van der Waals surface area contributed by atoms with Crippen molar-refractivity contribution >= 4 is 34.1 Å². The van der Waals surface area contributed by atoms with E-state index in [4.69, 9.17) is 16.6 Å². The lowest BCUT2D eigenvalue weighted by Gasteiger charge is -2.29. The van der Waals surface area contributed by atoms with Gasteiger partial charge in [-0.3, -0.25) is 0 Å². The van der Waals surface area contributed by atoms with Crippen LogP contribution >= 0.6 is 11.6 Å². The van der Waals surface area contributed by atoms with Crippen LogP contribution in [0.1, 0.15) is 43.7 Å². The van der Waals surface area contributed by atoms with E-state index < -0.39 is 0 Å². The van der Waals surface area contributed by atoms with E-state index in [0.29, 0.717) is 28.2 Å². The number of halogens is 2. The number of hydrogen-bond acceptors (Lipinski definition) is 4. The van der Waals surface area contributed by atoms with Gasteiger partial charge in [0.1, 0.15) is 11.6 Å². The van der Waals surface area contributed by atoms with E-state index in [0.717, 1.165) is 40.6 Å². The predicted octanol–water partition coefficient (Wildman–Crippen LogP) is 7.22. The fourth-order valence-electron chi connectivity index (χ4n) is 4.39. The van der Waals surface area contributed by atoms with Crippen LogP contribution in [-0.4, -0.2) is 15.0 Å². The number of benzene rings is 2. The maximum atomic E-state index is 14.2. The Kier molecular flexibility index (Phi) is 5.35. The Morgan fingerprint density at radius 2 is 1.91 bits per heavy atom. The molecule has 4 nitrogen and oxygen atoms in total. The molecule has 2 aromatic carbocycles. The fraction of sp³-hybridized carbons (Fsp3) is 0.192. The normalized spacial score (nSPS) is 15.7. The second kappa shape index (κ2) is 8.32. The molecule has 0 bridgehead atoms. The van der Waals surface area contributed by atoms with Crippen LogP contribution < -0.4 is 5.32 Å². The largest absolute Gasteiger partial charge is 0.339 e. The summed E-state index contributed by atoms with van der Waals surface area (Å²) in [6.45, 7) is 4.26. The molecule has 0 saturated heterocycles. The number of fused-ring (bicyclic) bond motifs is 2. The number of hydrogen-bond donors (Lipinski definition) is 1. The number of nitrogens with zero attached hydrogens (tertiary/aromatic N) is 3. The van der Waals surface area contributed by atoms with Gasteiger partial charge in [-0.05, 0) is 73.2 Å². The van der Waals surface area contributed by atoms with Crippen molar-refractivity contribution in [1.82, 2.24) is 15.0 Å². The van der Waals surface area contributed by atoms with Crippen molar-refractivity contribution < 1.29 is 4.39 Å². The number of anilines is 1. The minimum atomic E-state index is -0.251. The van der Waals surface area contributed by atoms with E-state index in [2.05, 4.69) is 29.1 Å². The highest BCUT2D eigenvalue weighted by molar-refractivity contribution is 6.33. The summed E-state index contributed by atoms with van der Waals surface area (Å²) < 4.78 is 14.2. The summed E-state index contributed by atoms with van der Waals surface area (Å²) in [5.41, 5.74) is 5.40. The van der Waals surface area contributed by atoms with Gasteiger partial charge < -0.3 is 5.32 Å². The Bertz CT molecular complexity index is 1370. The maximum Gasteiger partial charge on any atom is 0.165 e. The summed E-state index contributed by atoms with van der Waals surface area (Å²) in [5.74, 6) is 1.24. The first-order chi connectivity index (χ1) is 15.5. The lowest BCUT2D eigenvalue weighted by Crippen LogP contribution is -2.15. The third kappa shape index (κ3) is 3.63. The van der Waals surface area contributed by atoms with Gasteiger partial charge in [-0.15, -0.1) is 0 Å². The lowest BCUT2D eigenvalue weighted by atomic mass is 9.80. The second-order valence-corrected chi connectivity index (χ2v) is 8.48. The average Bonchev–Trinajstić information content (AvgIpc) is 2.80. The van der Waals surface area contributed by atoms with Crippen molar-refractivity contribution in [2.45, 2.75) is 32.6 Å². The van der Waals surface area contributed by atoms with Crippen LogP contribution in [0.15, 0.2) is 66.4 Å². The van der Waals surface area contributed by atoms with Gasteiger partial charge >= 0.3 is 0 Å². The number of allylic oxidation sites excluding steroid dienone is 1. The van der Waals surface area contributed by atoms with Gasteiger partial charge in [-0.2, -0.15) is 0 Å². The molecule has 1 aliphatic carbocycles. The van der Waals surface area contributed by atoms with Crippen molar-refractivity contribution in [3.8, 4) is 11.4 Å². The molecule has 1 atom stereocenters. The SMILES string of the molecule is CCC1CC(C)=C(Nc2nc(-c3ccccc3Cl)nc3ncccc23)c2cc(F)ccc21. The highest BCUT2D eigenvalue weighted by atomic mass is 35.5. The maximum absolute atomic E-state index is 14.2. The van der Waals surface area contributed by atoms with Crippen molar-refractivity contribution in [2.24, 2.45) is 0 Å². The van der Waals surface area contributed by atoms with Crippen molar-refractivity contribution in [3.05, 3.63) is 88.3 Å². The zero-order valence-corrected chi connectivity index (χ0v) is 18.6. The Hall–Kier alpha value is -3.31. The van der Waals surface area contributed by atoms with Crippen LogP contribution in [0.3, 0.4) is 0 Å². The van der Waals surface area contributed by atoms with Crippen LogP contribution in [0.25, 0.3) is 28.1 Å². The third-order valence-electron chi connectivity index (χ3n) is 6.03. The number of nitrogens with one attached hydrogen (secondary N) is 1. The Morgan fingerprint density at radius 3 is 2.72 bits per heavy atom. The average molecular weight is 445 g/mol. The molecule has 2 heterocycles. The standard InChI is InChI=1S/C26H22ClFN4/c1-3-16-13-15(2)23(21-14-17(28)10-11-18(16)21)30-26-20-8-6-12-29-24(20)31-25(32-26)19-7-4-5-9-22(19)27/h4-12,14,16H,3,13H2,1-2H3,(H,29,30,31,32). The molecule has 2 aromatic heterocycles. The third-order valence-corrected chi connectivity index (χ3v) is 6.36. The quantitative estimate of drug-likeness (QED) is 0.361. The van der Waals surface area contributed by atoms with Crippen LogP contribution in [0.2, 0.25) is 5.02 Å². The van der Waals surface area contributed by atoms with Gasteiger partial charge in [0.2, 0.25) is 0 Å². The molecule has 0 fully saturated rings. The molecule has 32 heavy (non-hydrogen) atoms. The van der Waals surface area contributed by atoms with Gasteiger partial charge in [-0.1, -0.05) is 36.7 Å². The van der Waals surface area contributed by atoms with Gasteiger partial charge in [0.05, 0.1) is 10.4 Å². The molecular formula is C26H22ClFN4. The summed E-state index contributed by atoms with van der Waals surface area (Å²) in [7, 11) is 0.